The lowest BCUT2D eigenvalue weighted by Gasteiger charge is -2.29. The summed E-state index contributed by atoms with van der Waals surface area (Å²) in [4.78, 5) is 40.3. The number of benzene rings is 1. The van der Waals surface area contributed by atoms with Crippen molar-refractivity contribution >= 4 is 27.6 Å². The summed E-state index contributed by atoms with van der Waals surface area (Å²) in [5.74, 6) is -2.31. The zero-order chi connectivity index (χ0) is 26.1. The number of aromatic nitrogens is 2. The van der Waals surface area contributed by atoms with Crippen molar-refractivity contribution < 1.29 is 32.0 Å². The monoisotopic (exact) mass is 521 g/mol. The molecule has 13 heteroatoms. The van der Waals surface area contributed by atoms with Crippen molar-refractivity contribution in [3.8, 4) is 0 Å². The van der Waals surface area contributed by atoms with Crippen molar-refractivity contribution in [1.82, 2.24) is 25.7 Å². The van der Waals surface area contributed by atoms with Gasteiger partial charge in [0.2, 0.25) is 17.6 Å². The molecule has 0 aliphatic carbocycles. The predicted molar refractivity (Wildman–Crippen MR) is 129 cm³/mol. The molecule has 0 unspecified atom stereocenters. The van der Waals surface area contributed by atoms with Crippen molar-refractivity contribution in [1.29, 1.82) is 0 Å². The van der Waals surface area contributed by atoms with E-state index in [2.05, 4.69) is 20.8 Å². The van der Waals surface area contributed by atoms with E-state index in [1.807, 2.05) is 0 Å². The third-order valence-electron chi connectivity index (χ3n) is 5.58. The van der Waals surface area contributed by atoms with Gasteiger partial charge in [-0.1, -0.05) is 44.2 Å². The smallest absolute Gasteiger partial charge is 0.318 e. The van der Waals surface area contributed by atoms with Gasteiger partial charge in [-0.3, -0.25) is 9.59 Å². The summed E-state index contributed by atoms with van der Waals surface area (Å²) in [6.45, 7) is 4.76. The van der Waals surface area contributed by atoms with E-state index in [1.54, 1.807) is 44.2 Å². The molecule has 3 rings (SSSR count). The number of carbonyl (C=O) groups is 3. The fraction of sp³-hybridized carbons (Fsp3) is 0.522. The van der Waals surface area contributed by atoms with Gasteiger partial charge in [0.25, 0.3) is 5.89 Å². The molecule has 2 N–H and O–H groups in total. The van der Waals surface area contributed by atoms with Crippen LogP contribution in [0.5, 0.6) is 0 Å². The van der Waals surface area contributed by atoms with Crippen LogP contribution in [0.2, 0.25) is 0 Å². The maximum Gasteiger partial charge on any atom is 0.318 e. The second-order valence-electron chi connectivity index (χ2n) is 8.33. The van der Waals surface area contributed by atoms with Crippen molar-refractivity contribution in [2.45, 2.75) is 44.5 Å². The molecule has 2 heterocycles. The van der Waals surface area contributed by atoms with Crippen LogP contribution in [-0.4, -0.2) is 85.4 Å². The first-order valence-electron chi connectivity index (χ1n) is 11.8. The fourth-order valence-corrected chi connectivity index (χ4v) is 5.16. The Labute approximate surface area is 209 Å². The molecule has 0 bridgehead atoms. The van der Waals surface area contributed by atoms with E-state index in [0.29, 0.717) is 38.3 Å². The Morgan fingerprint density at radius 2 is 1.72 bits per heavy atom. The lowest BCUT2D eigenvalue weighted by Crippen LogP contribution is -2.57. The van der Waals surface area contributed by atoms with E-state index < -0.39 is 45.4 Å². The van der Waals surface area contributed by atoms with Gasteiger partial charge in [-0.25, -0.2) is 13.2 Å². The number of nitrogens with one attached hydrogen (secondary N) is 2. The molecule has 1 aromatic carbocycles. The minimum absolute atomic E-state index is 0.190. The summed E-state index contributed by atoms with van der Waals surface area (Å²) in [5.41, 5.74) is 0.556. The van der Waals surface area contributed by atoms with Gasteiger partial charge >= 0.3 is 6.03 Å². The van der Waals surface area contributed by atoms with E-state index in [-0.39, 0.29) is 24.0 Å². The number of hydrogen-bond donors (Lipinski definition) is 2. The van der Waals surface area contributed by atoms with Crippen molar-refractivity contribution in [3.63, 3.8) is 0 Å². The van der Waals surface area contributed by atoms with E-state index >= 15 is 0 Å². The van der Waals surface area contributed by atoms with E-state index in [4.69, 9.17) is 9.15 Å². The Morgan fingerprint density at radius 3 is 2.33 bits per heavy atom. The minimum Gasteiger partial charge on any atom is -0.418 e. The highest BCUT2D eigenvalue weighted by atomic mass is 32.2. The molecule has 2 atom stereocenters. The summed E-state index contributed by atoms with van der Waals surface area (Å²) in [6.07, 6.45) is 0.633. The van der Waals surface area contributed by atoms with Crippen molar-refractivity contribution in [3.05, 3.63) is 47.7 Å². The first kappa shape index (κ1) is 27.3. The summed E-state index contributed by atoms with van der Waals surface area (Å²) < 4.78 is 36.5. The number of ether oxygens (including phenoxy) is 1. The quantitative estimate of drug-likeness (QED) is 0.406. The number of sulfone groups is 1. The first-order valence-corrected chi connectivity index (χ1v) is 13.6. The Bertz CT molecular complexity index is 1150. The van der Waals surface area contributed by atoms with Gasteiger partial charge < -0.3 is 24.7 Å². The van der Waals surface area contributed by atoms with Crippen LogP contribution in [0.4, 0.5) is 4.79 Å². The highest BCUT2D eigenvalue weighted by Gasteiger charge is 2.33. The van der Waals surface area contributed by atoms with E-state index in [0.717, 1.165) is 0 Å². The van der Waals surface area contributed by atoms with Crippen LogP contribution in [0.25, 0.3) is 0 Å². The van der Waals surface area contributed by atoms with Gasteiger partial charge in [0.1, 0.15) is 6.04 Å². The molecule has 36 heavy (non-hydrogen) atoms. The second-order valence-corrected chi connectivity index (χ2v) is 10.4. The van der Waals surface area contributed by atoms with Crippen LogP contribution in [0.15, 0.2) is 34.7 Å². The zero-order valence-corrected chi connectivity index (χ0v) is 21.1. The Morgan fingerprint density at radius 1 is 1.03 bits per heavy atom. The van der Waals surface area contributed by atoms with Crippen LogP contribution < -0.4 is 10.6 Å². The highest BCUT2D eigenvalue weighted by molar-refractivity contribution is 7.90. The number of ketones is 1. The summed E-state index contributed by atoms with van der Waals surface area (Å²) in [5, 5.41) is 12.6. The van der Waals surface area contributed by atoms with Crippen LogP contribution in [0.3, 0.4) is 0 Å². The van der Waals surface area contributed by atoms with Gasteiger partial charge in [0, 0.05) is 19.5 Å². The molecule has 1 saturated heterocycles. The average Bonchev–Trinajstić information content (AvgIpc) is 3.36. The molecule has 3 amide bonds. The lowest BCUT2D eigenvalue weighted by atomic mass is 10.1. The summed E-state index contributed by atoms with van der Waals surface area (Å²) >= 11 is 0. The highest BCUT2D eigenvalue weighted by Crippen LogP contribution is 2.11. The molecular weight excluding hydrogens is 490 g/mol. The molecule has 2 aromatic rings. The topological polar surface area (TPSA) is 161 Å². The van der Waals surface area contributed by atoms with Crippen LogP contribution in [0, 0.1) is 0 Å². The molecule has 0 spiro atoms. The number of urea groups is 1. The molecule has 1 aliphatic heterocycles. The van der Waals surface area contributed by atoms with Crippen LogP contribution in [-0.2, 0) is 31.5 Å². The Hall–Kier alpha value is -3.32. The molecule has 1 aliphatic rings. The Balaban J connectivity index is 1.76. The maximum absolute atomic E-state index is 13.2. The van der Waals surface area contributed by atoms with Gasteiger partial charge in [-0.2, -0.15) is 0 Å². The zero-order valence-electron chi connectivity index (χ0n) is 20.3. The maximum atomic E-state index is 13.2. The SMILES string of the molecule is CCc1nnc(C(=O)[C@@H](CC)NC(=O)[C@H](CS(=O)(=O)Cc2ccccc2)NC(=O)N2CCOCC2)o1. The number of nitrogens with zero attached hydrogens (tertiary/aromatic N) is 3. The molecule has 1 aromatic heterocycles. The summed E-state index contributed by atoms with van der Waals surface area (Å²) in [6, 6.07) is 5.48. The second kappa shape index (κ2) is 12.6. The number of carbonyl (C=O) groups excluding carboxylic acids is 3. The number of rotatable bonds is 11. The Kier molecular flexibility index (Phi) is 9.53. The third-order valence-corrected chi connectivity index (χ3v) is 7.20. The van der Waals surface area contributed by atoms with Gasteiger partial charge in [-0.15, -0.1) is 10.2 Å². The molecule has 0 saturated carbocycles. The van der Waals surface area contributed by atoms with Gasteiger partial charge in [0.15, 0.2) is 9.84 Å². The molecule has 196 valence electrons. The predicted octanol–water partition coefficient (Wildman–Crippen LogP) is 0.735. The fourth-order valence-electron chi connectivity index (χ4n) is 3.60. The van der Waals surface area contributed by atoms with Crippen LogP contribution >= 0.6 is 0 Å². The number of hydrogen-bond acceptors (Lipinski definition) is 9. The number of amides is 3. The largest absolute Gasteiger partial charge is 0.418 e. The van der Waals surface area contributed by atoms with E-state index in [9.17, 15) is 22.8 Å². The van der Waals surface area contributed by atoms with Crippen LogP contribution in [0.1, 0.15) is 42.4 Å². The molecule has 12 nitrogen and oxygen atoms in total. The number of morpholine rings is 1. The van der Waals surface area contributed by atoms with Crippen molar-refractivity contribution in [2.75, 3.05) is 32.1 Å². The van der Waals surface area contributed by atoms with Gasteiger partial charge in [0.05, 0.1) is 30.8 Å². The number of aryl methyl sites for hydroxylation is 1. The third kappa shape index (κ3) is 7.59. The molecular formula is C23H31N5O7S. The standard InChI is InChI=1S/C23H31N5O7S/c1-3-17(20(29)22-27-26-19(4-2)35-22)24-21(30)18(25-23(31)28-10-12-34-13-11-28)15-36(32,33)14-16-8-6-5-7-9-16/h5-9,17-18H,3-4,10-15H2,1-2H3,(H,24,30)(H,25,31)/t17-,18+/m1/s1. The minimum atomic E-state index is -3.81. The van der Waals surface area contributed by atoms with Crippen molar-refractivity contribution in [2.24, 2.45) is 0 Å². The average molecular weight is 522 g/mol. The lowest BCUT2D eigenvalue weighted by molar-refractivity contribution is -0.123. The number of Topliss-reactive ketones (excluding diaryl/α,β-unsaturated/α-hetero) is 1. The summed E-state index contributed by atoms with van der Waals surface area (Å²) in [7, 11) is -3.81. The normalized spacial score (nSPS) is 15.7. The van der Waals surface area contributed by atoms with E-state index in [1.165, 1.54) is 4.90 Å². The van der Waals surface area contributed by atoms with Gasteiger partial charge in [-0.05, 0) is 12.0 Å². The first-order chi connectivity index (χ1) is 17.2. The molecule has 0 radical (unpaired) electrons. The molecule has 1 fully saturated rings.